The number of hydrogen-bond acceptors (Lipinski definition) is 4. The van der Waals surface area contributed by atoms with Gasteiger partial charge in [0.2, 0.25) is 11.8 Å². The summed E-state index contributed by atoms with van der Waals surface area (Å²) in [7, 11) is 0. The van der Waals surface area contributed by atoms with E-state index in [1.54, 1.807) is 0 Å². The number of primary amides is 2. The van der Waals surface area contributed by atoms with E-state index >= 15 is 0 Å². The maximum Gasteiger partial charge on any atom is 0.231 e. The van der Waals surface area contributed by atoms with Crippen LogP contribution in [0.5, 0.6) is 0 Å². The molecule has 6 N–H and O–H groups in total. The molecule has 0 rings (SSSR count). The molecule has 6 nitrogen and oxygen atoms in total. The molecule has 0 aromatic rings. The summed E-state index contributed by atoms with van der Waals surface area (Å²) < 4.78 is 0. The van der Waals surface area contributed by atoms with Crippen LogP contribution in [-0.4, -0.2) is 40.8 Å². The fraction of sp³-hybridized carbons (Fsp3) is 0.625. The van der Waals surface area contributed by atoms with Crippen molar-refractivity contribution in [3.63, 3.8) is 0 Å². The zero-order valence-electron chi connectivity index (χ0n) is 8.60. The Labute approximate surface area is 93.8 Å². The van der Waals surface area contributed by atoms with Crippen LogP contribution in [-0.2, 0) is 9.59 Å². The van der Waals surface area contributed by atoms with Crippen molar-refractivity contribution in [3.05, 3.63) is 0 Å². The van der Waals surface area contributed by atoms with Gasteiger partial charge in [-0.2, -0.15) is 0 Å². The van der Waals surface area contributed by atoms with E-state index in [9.17, 15) is 9.59 Å². The summed E-state index contributed by atoms with van der Waals surface area (Å²) in [6, 6.07) is -0.333. The van der Waals surface area contributed by atoms with E-state index in [1.165, 1.54) is 4.90 Å². The highest BCUT2D eigenvalue weighted by molar-refractivity contribution is 7.80. The number of amides is 2. The Balaban J connectivity index is 4.64. The highest BCUT2D eigenvalue weighted by Gasteiger charge is 2.22. The number of thiocarbonyl (C=S) groups is 1. The molecule has 7 heteroatoms. The van der Waals surface area contributed by atoms with Gasteiger partial charge in [-0.3, -0.25) is 14.5 Å². The summed E-state index contributed by atoms with van der Waals surface area (Å²) in [5.41, 5.74) is 15.6. The lowest BCUT2D eigenvalue weighted by Gasteiger charge is -2.27. The molecule has 1 unspecified atom stereocenters. The van der Waals surface area contributed by atoms with Crippen molar-refractivity contribution in [1.82, 2.24) is 4.90 Å². The van der Waals surface area contributed by atoms with E-state index in [1.807, 2.05) is 6.92 Å². The van der Waals surface area contributed by atoms with Gasteiger partial charge < -0.3 is 17.2 Å². The van der Waals surface area contributed by atoms with Crippen LogP contribution in [0.2, 0.25) is 0 Å². The molecule has 0 saturated heterocycles. The first-order valence-corrected chi connectivity index (χ1v) is 4.89. The fourth-order valence-electron chi connectivity index (χ4n) is 1.32. The monoisotopic (exact) mass is 232 g/mol. The molecule has 0 heterocycles. The second-order valence-corrected chi connectivity index (χ2v) is 3.64. The summed E-state index contributed by atoms with van der Waals surface area (Å²) in [6.07, 6.45) is 0.593. The topological polar surface area (TPSA) is 115 Å². The van der Waals surface area contributed by atoms with Crippen molar-refractivity contribution < 1.29 is 9.59 Å². The lowest BCUT2D eigenvalue weighted by Crippen LogP contribution is -2.50. The van der Waals surface area contributed by atoms with Gasteiger partial charge in [0.15, 0.2) is 0 Å². The van der Waals surface area contributed by atoms with E-state index < -0.39 is 11.8 Å². The van der Waals surface area contributed by atoms with Gasteiger partial charge in [0.1, 0.15) is 0 Å². The number of nitrogens with two attached hydrogens (primary N) is 3. The normalized spacial score (nSPS) is 12.4. The third-order valence-corrected chi connectivity index (χ3v) is 2.15. The summed E-state index contributed by atoms with van der Waals surface area (Å²) in [5, 5.41) is 0. The van der Waals surface area contributed by atoms with E-state index in [4.69, 9.17) is 29.4 Å². The highest BCUT2D eigenvalue weighted by Crippen LogP contribution is 2.04. The predicted molar refractivity (Wildman–Crippen MR) is 60.8 cm³/mol. The molecule has 0 spiro atoms. The molecular weight excluding hydrogens is 216 g/mol. The van der Waals surface area contributed by atoms with Gasteiger partial charge in [-0.05, 0) is 6.42 Å². The van der Waals surface area contributed by atoms with Crippen molar-refractivity contribution in [2.45, 2.75) is 19.4 Å². The van der Waals surface area contributed by atoms with Crippen LogP contribution < -0.4 is 17.2 Å². The number of nitrogens with zero attached hydrogens (tertiary/aromatic N) is 1. The van der Waals surface area contributed by atoms with Crippen molar-refractivity contribution in [1.29, 1.82) is 0 Å². The van der Waals surface area contributed by atoms with Gasteiger partial charge in [-0.1, -0.05) is 19.1 Å². The largest absolute Gasteiger partial charge is 0.392 e. The molecule has 0 aliphatic rings. The standard InChI is InChI=1S/C8H16N4O2S/c1-2-5(8(11)15)12(3-6(9)13)4-7(10)14/h5H,2-4H2,1H3,(H2,9,13)(H2,10,14)(H2,11,15). The van der Waals surface area contributed by atoms with Crippen LogP contribution in [0.4, 0.5) is 0 Å². The first kappa shape index (κ1) is 13.8. The van der Waals surface area contributed by atoms with Crippen LogP contribution in [0.3, 0.4) is 0 Å². The molecule has 0 bridgehead atoms. The molecule has 15 heavy (non-hydrogen) atoms. The second kappa shape index (κ2) is 6.31. The van der Waals surface area contributed by atoms with Crippen LogP contribution in [0.1, 0.15) is 13.3 Å². The minimum Gasteiger partial charge on any atom is -0.392 e. The van der Waals surface area contributed by atoms with Crippen LogP contribution >= 0.6 is 12.2 Å². The van der Waals surface area contributed by atoms with Crippen molar-refractivity contribution in [2.24, 2.45) is 17.2 Å². The molecule has 0 aliphatic heterocycles. The van der Waals surface area contributed by atoms with Gasteiger partial charge in [-0.15, -0.1) is 0 Å². The Bertz CT molecular complexity index is 253. The Morgan fingerprint density at radius 3 is 1.80 bits per heavy atom. The van der Waals surface area contributed by atoms with Gasteiger partial charge in [0, 0.05) is 0 Å². The Morgan fingerprint density at radius 1 is 1.20 bits per heavy atom. The summed E-state index contributed by atoms with van der Waals surface area (Å²) in [6.45, 7) is 1.68. The van der Waals surface area contributed by atoms with Crippen molar-refractivity contribution >= 4 is 29.0 Å². The number of carbonyl (C=O) groups is 2. The molecule has 0 aliphatic carbocycles. The lowest BCUT2D eigenvalue weighted by molar-refractivity contribution is -0.122. The minimum atomic E-state index is -0.550. The minimum absolute atomic E-state index is 0.0845. The molecule has 1 atom stereocenters. The smallest absolute Gasteiger partial charge is 0.231 e. The second-order valence-electron chi connectivity index (χ2n) is 3.16. The van der Waals surface area contributed by atoms with Crippen molar-refractivity contribution in [2.75, 3.05) is 13.1 Å². The molecule has 86 valence electrons. The predicted octanol–water partition coefficient (Wildman–Crippen LogP) is -1.68. The zero-order valence-corrected chi connectivity index (χ0v) is 9.42. The highest BCUT2D eigenvalue weighted by atomic mass is 32.1. The van der Waals surface area contributed by atoms with Crippen LogP contribution in [0, 0.1) is 0 Å². The summed E-state index contributed by atoms with van der Waals surface area (Å²) >= 11 is 4.83. The Hall–Kier alpha value is -1.21. The SMILES string of the molecule is CCC(C(N)=S)N(CC(N)=O)CC(N)=O. The molecule has 0 aromatic carbocycles. The number of hydrogen-bond donors (Lipinski definition) is 3. The molecule has 0 aromatic heterocycles. The average Bonchev–Trinajstić information content (AvgIpc) is 2.01. The molecule has 2 amide bonds. The Morgan fingerprint density at radius 2 is 1.60 bits per heavy atom. The molecule has 0 saturated carbocycles. The summed E-state index contributed by atoms with van der Waals surface area (Å²) in [5.74, 6) is -1.10. The van der Waals surface area contributed by atoms with Gasteiger partial charge >= 0.3 is 0 Å². The maximum atomic E-state index is 10.8. The zero-order chi connectivity index (χ0) is 12.0. The third kappa shape index (κ3) is 5.28. The molecular formula is C8H16N4O2S. The molecule has 0 radical (unpaired) electrons. The quantitative estimate of drug-likeness (QED) is 0.454. The van der Waals surface area contributed by atoms with Gasteiger partial charge in [-0.25, -0.2) is 0 Å². The van der Waals surface area contributed by atoms with E-state index in [0.29, 0.717) is 6.42 Å². The number of carbonyl (C=O) groups excluding carboxylic acids is 2. The first-order chi connectivity index (χ1) is 6.88. The van der Waals surface area contributed by atoms with E-state index in [2.05, 4.69) is 0 Å². The van der Waals surface area contributed by atoms with Crippen LogP contribution in [0.15, 0.2) is 0 Å². The van der Waals surface area contributed by atoms with E-state index in [0.717, 1.165) is 0 Å². The first-order valence-electron chi connectivity index (χ1n) is 4.48. The number of rotatable bonds is 7. The fourth-order valence-corrected chi connectivity index (χ4v) is 1.63. The van der Waals surface area contributed by atoms with Crippen LogP contribution in [0.25, 0.3) is 0 Å². The Kier molecular flexibility index (Phi) is 5.80. The van der Waals surface area contributed by atoms with Crippen molar-refractivity contribution in [3.8, 4) is 0 Å². The van der Waals surface area contributed by atoms with E-state index in [-0.39, 0.29) is 24.1 Å². The average molecular weight is 232 g/mol. The molecule has 0 fully saturated rings. The van der Waals surface area contributed by atoms with Gasteiger partial charge in [0.05, 0.1) is 24.1 Å². The lowest BCUT2D eigenvalue weighted by atomic mass is 10.2. The summed E-state index contributed by atoms with van der Waals surface area (Å²) in [4.78, 5) is 23.3. The van der Waals surface area contributed by atoms with Gasteiger partial charge in [0.25, 0.3) is 0 Å². The third-order valence-electron chi connectivity index (χ3n) is 1.87. The maximum absolute atomic E-state index is 10.8.